The lowest BCUT2D eigenvalue weighted by Gasteiger charge is -2.19. The van der Waals surface area contributed by atoms with Gasteiger partial charge in [-0.3, -0.25) is 9.10 Å². The Hall–Kier alpha value is -3.62. The van der Waals surface area contributed by atoms with Gasteiger partial charge in [0.1, 0.15) is 0 Å². The fourth-order valence-electron chi connectivity index (χ4n) is 3.07. The summed E-state index contributed by atoms with van der Waals surface area (Å²) in [6.07, 6.45) is 3.00. The van der Waals surface area contributed by atoms with Crippen LogP contribution < -0.4 is 9.62 Å². The second-order valence-corrected chi connectivity index (χ2v) is 9.35. The van der Waals surface area contributed by atoms with Gasteiger partial charge in [-0.15, -0.1) is 0 Å². The van der Waals surface area contributed by atoms with Gasteiger partial charge in [-0.1, -0.05) is 41.9 Å². The van der Waals surface area contributed by atoms with E-state index in [4.69, 9.17) is 11.6 Å². The van der Waals surface area contributed by atoms with E-state index >= 15 is 0 Å². The lowest BCUT2D eigenvalue weighted by Crippen LogP contribution is -2.26. The Morgan fingerprint density at radius 3 is 2.50 bits per heavy atom. The Balaban J connectivity index is 1.54. The van der Waals surface area contributed by atoms with Gasteiger partial charge in [-0.25, -0.2) is 13.1 Å². The molecule has 0 bridgehead atoms. The number of hydrogen-bond acceptors (Lipinski definition) is 4. The van der Waals surface area contributed by atoms with Crippen LogP contribution in [-0.2, 0) is 10.0 Å². The van der Waals surface area contributed by atoms with E-state index in [0.717, 1.165) is 0 Å². The predicted molar refractivity (Wildman–Crippen MR) is 125 cm³/mol. The zero-order chi connectivity index (χ0) is 22.7. The molecule has 0 saturated carbocycles. The molecule has 1 aromatic heterocycles. The molecule has 1 N–H and O–H groups in total. The smallest absolute Gasteiger partial charge is 0.264 e. The number of halogens is 1. The second kappa shape index (κ2) is 8.86. The number of para-hydroxylation sites is 1. The fourth-order valence-corrected chi connectivity index (χ4v) is 4.50. The summed E-state index contributed by atoms with van der Waals surface area (Å²) in [7, 11) is -2.31. The van der Waals surface area contributed by atoms with E-state index in [1.807, 2.05) is 12.1 Å². The molecular formula is C23H19ClN4O3S. The number of aromatic nitrogens is 2. The third-order valence-corrected chi connectivity index (χ3v) is 6.80. The molecule has 0 spiro atoms. The molecule has 32 heavy (non-hydrogen) atoms. The quantitative estimate of drug-likeness (QED) is 0.450. The number of nitrogens with zero attached hydrogens (tertiary/aromatic N) is 3. The van der Waals surface area contributed by atoms with Crippen molar-refractivity contribution >= 4 is 38.9 Å². The summed E-state index contributed by atoms with van der Waals surface area (Å²) >= 11 is 6.01. The average molecular weight is 467 g/mol. The SMILES string of the molecule is CN(c1ccccc1)S(=O)(=O)c1cccc(NC(=O)c2cnn(-c3cccc(Cl)c3)c2)c1. The summed E-state index contributed by atoms with van der Waals surface area (Å²) in [5, 5.41) is 7.48. The maximum Gasteiger partial charge on any atom is 0.264 e. The van der Waals surface area contributed by atoms with Crippen molar-refractivity contribution in [2.45, 2.75) is 4.90 Å². The lowest BCUT2D eigenvalue weighted by molar-refractivity contribution is 0.102. The van der Waals surface area contributed by atoms with Gasteiger partial charge in [-0.05, 0) is 48.5 Å². The Kier molecular flexibility index (Phi) is 5.98. The van der Waals surface area contributed by atoms with Crippen LogP contribution in [0.3, 0.4) is 0 Å². The zero-order valence-corrected chi connectivity index (χ0v) is 18.6. The highest BCUT2D eigenvalue weighted by Crippen LogP contribution is 2.24. The third-order valence-electron chi connectivity index (χ3n) is 4.79. The first-order valence-corrected chi connectivity index (χ1v) is 11.4. The van der Waals surface area contributed by atoms with Crippen molar-refractivity contribution in [3.8, 4) is 5.69 Å². The summed E-state index contributed by atoms with van der Waals surface area (Å²) in [5.41, 5.74) is 1.93. The van der Waals surface area contributed by atoms with Crippen molar-refractivity contribution in [2.24, 2.45) is 0 Å². The summed E-state index contributed by atoms with van der Waals surface area (Å²) in [5.74, 6) is -0.413. The van der Waals surface area contributed by atoms with Crippen molar-refractivity contribution in [1.82, 2.24) is 9.78 Å². The standard InChI is InChI=1S/C23H19ClN4O3S/c1-27(20-9-3-2-4-10-20)32(30,31)22-12-6-8-19(14-22)26-23(29)17-15-25-28(16-17)21-11-5-7-18(24)13-21/h2-16H,1H3,(H,26,29). The van der Waals surface area contributed by atoms with Gasteiger partial charge in [-0.2, -0.15) is 5.10 Å². The summed E-state index contributed by atoms with van der Waals surface area (Å²) < 4.78 is 28.8. The van der Waals surface area contributed by atoms with Gasteiger partial charge in [0.15, 0.2) is 0 Å². The Labute approximate surface area is 190 Å². The molecule has 0 unspecified atom stereocenters. The van der Waals surface area contributed by atoms with Crippen molar-refractivity contribution in [2.75, 3.05) is 16.7 Å². The highest BCUT2D eigenvalue weighted by molar-refractivity contribution is 7.92. The summed E-state index contributed by atoms with van der Waals surface area (Å²) in [4.78, 5) is 12.8. The maximum absolute atomic E-state index is 13.0. The Bertz CT molecular complexity index is 1370. The minimum atomic E-state index is -3.80. The molecule has 1 heterocycles. The van der Waals surface area contributed by atoms with E-state index in [1.165, 1.54) is 34.4 Å². The van der Waals surface area contributed by atoms with Crippen molar-refractivity contribution < 1.29 is 13.2 Å². The van der Waals surface area contributed by atoms with Crippen LogP contribution in [0.15, 0.2) is 96.2 Å². The number of rotatable bonds is 6. The molecule has 4 rings (SSSR count). The first-order chi connectivity index (χ1) is 15.3. The molecular weight excluding hydrogens is 448 g/mol. The Morgan fingerprint density at radius 1 is 1.00 bits per heavy atom. The topological polar surface area (TPSA) is 84.3 Å². The van der Waals surface area contributed by atoms with E-state index in [9.17, 15) is 13.2 Å². The van der Waals surface area contributed by atoms with Crippen molar-refractivity contribution in [3.05, 3.63) is 102 Å². The molecule has 0 aliphatic heterocycles. The number of amides is 1. The fraction of sp³-hybridized carbons (Fsp3) is 0.0435. The van der Waals surface area contributed by atoms with Crippen LogP contribution in [0.1, 0.15) is 10.4 Å². The van der Waals surface area contributed by atoms with Crippen LogP contribution in [0.4, 0.5) is 11.4 Å². The predicted octanol–water partition coefficient (Wildman–Crippen LogP) is 4.60. The summed E-state index contributed by atoms with van der Waals surface area (Å²) in [6, 6.07) is 22.0. The van der Waals surface area contributed by atoms with Gasteiger partial charge >= 0.3 is 0 Å². The first-order valence-electron chi connectivity index (χ1n) is 9.60. The van der Waals surface area contributed by atoms with E-state index in [2.05, 4.69) is 10.4 Å². The largest absolute Gasteiger partial charge is 0.322 e. The van der Waals surface area contributed by atoms with Gasteiger partial charge < -0.3 is 5.32 Å². The monoisotopic (exact) mass is 466 g/mol. The number of hydrogen-bond donors (Lipinski definition) is 1. The molecule has 4 aromatic rings. The number of nitrogens with one attached hydrogen (secondary N) is 1. The van der Waals surface area contributed by atoms with Gasteiger partial charge in [0.05, 0.1) is 28.0 Å². The molecule has 9 heteroatoms. The van der Waals surface area contributed by atoms with E-state index in [-0.39, 0.29) is 4.90 Å². The summed E-state index contributed by atoms with van der Waals surface area (Å²) in [6.45, 7) is 0. The average Bonchev–Trinajstić information content (AvgIpc) is 3.30. The number of anilines is 2. The molecule has 0 radical (unpaired) electrons. The van der Waals surface area contributed by atoms with Crippen LogP contribution in [0.5, 0.6) is 0 Å². The maximum atomic E-state index is 13.0. The van der Waals surface area contributed by atoms with Crippen LogP contribution in [0.2, 0.25) is 5.02 Å². The second-order valence-electron chi connectivity index (χ2n) is 6.94. The lowest BCUT2D eigenvalue weighted by atomic mass is 10.3. The van der Waals surface area contributed by atoms with E-state index < -0.39 is 15.9 Å². The van der Waals surface area contributed by atoms with Crippen LogP contribution in [0.25, 0.3) is 5.69 Å². The van der Waals surface area contributed by atoms with Crippen molar-refractivity contribution in [1.29, 1.82) is 0 Å². The molecule has 1 amide bonds. The van der Waals surface area contributed by atoms with Crippen LogP contribution in [0, 0.1) is 0 Å². The Morgan fingerprint density at radius 2 is 1.75 bits per heavy atom. The molecule has 0 aliphatic rings. The minimum absolute atomic E-state index is 0.0660. The van der Waals surface area contributed by atoms with E-state index in [0.29, 0.717) is 27.6 Å². The van der Waals surface area contributed by atoms with Gasteiger partial charge in [0.25, 0.3) is 15.9 Å². The molecule has 0 aliphatic carbocycles. The number of carbonyl (C=O) groups excluding carboxylic acids is 1. The first kappa shape index (κ1) is 21.6. The highest BCUT2D eigenvalue weighted by Gasteiger charge is 2.22. The molecule has 7 nitrogen and oxygen atoms in total. The third kappa shape index (κ3) is 4.51. The van der Waals surface area contributed by atoms with Crippen molar-refractivity contribution in [3.63, 3.8) is 0 Å². The molecule has 0 fully saturated rings. The molecule has 0 atom stereocenters. The van der Waals surface area contributed by atoms with E-state index in [1.54, 1.807) is 60.8 Å². The highest BCUT2D eigenvalue weighted by atomic mass is 35.5. The van der Waals surface area contributed by atoms with Crippen LogP contribution in [-0.4, -0.2) is 31.2 Å². The number of benzene rings is 3. The van der Waals surface area contributed by atoms with Gasteiger partial charge in [0.2, 0.25) is 0 Å². The minimum Gasteiger partial charge on any atom is -0.322 e. The normalized spacial score (nSPS) is 11.2. The zero-order valence-electron chi connectivity index (χ0n) is 17.0. The van der Waals surface area contributed by atoms with Gasteiger partial charge in [0, 0.05) is 24.0 Å². The molecule has 0 saturated heterocycles. The number of sulfonamides is 1. The molecule has 162 valence electrons. The number of carbonyl (C=O) groups is 1. The van der Waals surface area contributed by atoms with Crippen LogP contribution >= 0.6 is 11.6 Å². The molecule has 3 aromatic carbocycles.